The van der Waals surface area contributed by atoms with E-state index in [-0.39, 0.29) is 23.7 Å². The monoisotopic (exact) mass is 558 g/mol. The lowest BCUT2D eigenvalue weighted by atomic mass is 9.88. The number of thiophene rings is 2. The molecule has 0 spiro atoms. The zero-order valence-electron chi connectivity index (χ0n) is 21.9. The van der Waals surface area contributed by atoms with Crippen molar-refractivity contribution in [2.75, 3.05) is 11.1 Å². The molecule has 0 saturated heterocycles. The molecule has 2 aliphatic carbocycles. The van der Waals surface area contributed by atoms with E-state index in [1.54, 1.807) is 0 Å². The molecule has 0 aromatic carbocycles. The number of nitrogens with one attached hydrogen (secondary N) is 1. The number of thioether (sulfide) groups is 1. The fraction of sp³-hybridized carbons (Fsp3) is 0.556. The Labute approximate surface area is 230 Å². The van der Waals surface area contributed by atoms with Crippen LogP contribution in [0.5, 0.6) is 0 Å². The number of amides is 1. The molecule has 198 valence electrons. The minimum Gasteiger partial charge on any atom is -0.459 e. The first-order chi connectivity index (χ1) is 17.9. The van der Waals surface area contributed by atoms with Crippen LogP contribution in [0.25, 0.3) is 11.4 Å². The van der Waals surface area contributed by atoms with E-state index in [4.69, 9.17) is 4.74 Å². The summed E-state index contributed by atoms with van der Waals surface area (Å²) in [6.07, 6.45) is 7.18. The van der Waals surface area contributed by atoms with E-state index in [1.807, 2.05) is 25.2 Å². The molecule has 0 bridgehead atoms. The van der Waals surface area contributed by atoms with Gasteiger partial charge in [-0.3, -0.25) is 4.79 Å². The maximum Gasteiger partial charge on any atom is 0.341 e. The Hall–Kier alpha value is -2.17. The maximum absolute atomic E-state index is 13.0. The lowest BCUT2D eigenvalue weighted by molar-refractivity contribution is -0.113. The molecular formula is C27H34N4O3S3. The quantitative estimate of drug-likeness (QED) is 0.255. The standard InChI is InChI=1S/C27H34N4O3S3/c1-5-31-24(19-13-35-21-12-16(4)10-11-17(19)21)29-30-27(31)36-14-22(32)28-25-23(26(33)34-15(2)3)18-8-6-7-9-20(18)37-25/h13,15-16H,5-12,14H2,1-4H3,(H,28,32). The Kier molecular flexibility index (Phi) is 8.07. The molecule has 3 aromatic heterocycles. The number of carbonyl (C=O) groups is 2. The smallest absolute Gasteiger partial charge is 0.341 e. The average molecular weight is 559 g/mol. The number of anilines is 1. The highest BCUT2D eigenvalue weighted by atomic mass is 32.2. The van der Waals surface area contributed by atoms with Crippen LogP contribution in [0.15, 0.2) is 10.5 Å². The molecule has 2 aliphatic rings. The number of ether oxygens (including phenoxy) is 1. The minimum atomic E-state index is -0.346. The predicted octanol–water partition coefficient (Wildman–Crippen LogP) is 6.39. The van der Waals surface area contributed by atoms with E-state index < -0.39 is 0 Å². The molecule has 7 nitrogen and oxygen atoms in total. The number of nitrogens with zero attached hydrogens (tertiary/aromatic N) is 3. The first-order valence-corrected chi connectivity index (χ1v) is 15.8. The average Bonchev–Trinajstić information content (AvgIpc) is 3.55. The highest BCUT2D eigenvalue weighted by molar-refractivity contribution is 7.99. The van der Waals surface area contributed by atoms with Crippen LogP contribution >= 0.6 is 34.4 Å². The highest BCUT2D eigenvalue weighted by Gasteiger charge is 2.28. The van der Waals surface area contributed by atoms with Crippen molar-refractivity contribution in [3.8, 4) is 11.4 Å². The van der Waals surface area contributed by atoms with Gasteiger partial charge in [0.1, 0.15) is 5.00 Å². The van der Waals surface area contributed by atoms with Crippen LogP contribution in [-0.4, -0.2) is 38.5 Å². The number of fused-ring (bicyclic) bond motifs is 2. The summed E-state index contributed by atoms with van der Waals surface area (Å²) in [7, 11) is 0. The summed E-state index contributed by atoms with van der Waals surface area (Å²) in [6.45, 7) is 8.82. The number of rotatable bonds is 8. The van der Waals surface area contributed by atoms with Crippen molar-refractivity contribution in [1.82, 2.24) is 14.8 Å². The Balaban J connectivity index is 1.31. The van der Waals surface area contributed by atoms with Gasteiger partial charge in [0.2, 0.25) is 5.91 Å². The first kappa shape index (κ1) is 26.4. The molecule has 3 heterocycles. The van der Waals surface area contributed by atoms with Crippen LogP contribution in [0, 0.1) is 5.92 Å². The molecular weight excluding hydrogens is 525 g/mol. The van der Waals surface area contributed by atoms with Gasteiger partial charge in [0, 0.05) is 27.2 Å². The summed E-state index contributed by atoms with van der Waals surface area (Å²) in [4.78, 5) is 28.6. The van der Waals surface area contributed by atoms with E-state index in [9.17, 15) is 9.59 Å². The topological polar surface area (TPSA) is 86.1 Å². The molecule has 0 fully saturated rings. The molecule has 37 heavy (non-hydrogen) atoms. The number of aromatic nitrogens is 3. The van der Waals surface area contributed by atoms with Crippen LogP contribution in [0.1, 0.15) is 78.2 Å². The lowest BCUT2D eigenvalue weighted by Gasteiger charge is -2.19. The normalized spacial score (nSPS) is 16.9. The van der Waals surface area contributed by atoms with Crippen LogP contribution in [0.4, 0.5) is 5.00 Å². The lowest BCUT2D eigenvalue weighted by Crippen LogP contribution is -2.19. The third-order valence-electron chi connectivity index (χ3n) is 6.98. The van der Waals surface area contributed by atoms with Crippen molar-refractivity contribution in [1.29, 1.82) is 0 Å². The van der Waals surface area contributed by atoms with Gasteiger partial charge in [-0.15, -0.1) is 32.9 Å². The van der Waals surface area contributed by atoms with Gasteiger partial charge in [-0.05, 0) is 82.8 Å². The Morgan fingerprint density at radius 1 is 1.19 bits per heavy atom. The second kappa shape index (κ2) is 11.3. The van der Waals surface area contributed by atoms with Gasteiger partial charge < -0.3 is 14.6 Å². The van der Waals surface area contributed by atoms with Gasteiger partial charge in [0.15, 0.2) is 11.0 Å². The van der Waals surface area contributed by atoms with E-state index >= 15 is 0 Å². The summed E-state index contributed by atoms with van der Waals surface area (Å²) < 4.78 is 7.62. The van der Waals surface area contributed by atoms with Crippen LogP contribution < -0.4 is 5.32 Å². The van der Waals surface area contributed by atoms with Gasteiger partial charge in [0.25, 0.3) is 0 Å². The first-order valence-electron chi connectivity index (χ1n) is 13.2. The molecule has 0 aliphatic heterocycles. The largest absolute Gasteiger partial charge is 0.459 e. The number of aryl methyl sites for hydroxylation is 1. The maximum atomic E-state index is 13.0. The van der Waals surface area contributed by atoms with Crippen LogP contribution in [-0.2, 0) is 41.8 Å². The number of hydrogen-bond acceptors (Lipinski definition) is 8. The van der Waals surface area contributed by atoms with Crippen molar-refractivity contribution in [3.63, 3.8) is 0 Å². The fourth-order valence-electron chi connectivity index (χ4n) is 5.18. The second-order valence-corrected chi connectivity index (χ2v) is 13.2. The molecule has 1 unspecified atom stereocenters. The Morgan fingerprint density at radius 3 is 2.78 bits per heavy atom. The molecule has 10 heteroatoms. The molecule has 5 rings (SSSR count). The van der Waals surface area contributed by atoms with E-state index in [1.165, 1.54) is 50.4 Å². The minimum absolute atomic E-state index is 0.156. The van der Waals surface area contributed by atoms with Crippen LogP contribution in [0.3, 0.4) is 0 Å². The van der Waals surface area contributed by atoms with E-state index in [0.717, 1.165) is 67.5 Å². The van der Waals surface area contributed by atoms with Crippen molar-refractivity contribution in [3.05, 3.63) is 31.8 Å². The van der Waals surface area contributed by atoms with Crippen molar-refractivity contribution < 1.29 is 14.3 Å². The Morgan fingerprint density at radius 2 is 2.00 bits per heavy atom. The Bertz CT molecular complexity index is 1310. The van der Waals surface area contributed by atoms with E-state index in [0.29, 0.717) is 10.6 Å². The molecule has 0 saturated carbocycles. The summed E-state index contributed by atoms with van der Waals surface area (Å²) in [5.41, 5.74) is 4.20. The highest BCUT2D eigenvalue weighted by Crippen LogP contribution is 2.40. The molecule has 1 amide bonds. The van der Waals surface area contributed by atoms with Crippen molar-refractivity contribution >= 4 is 51.3 Å². The molecule has 1 N–H and O–H groups in total. The van der Waals surface area contributed by atoms with Gasteiger partial charge in [-0.1, -0.05) is 18.7 Å². The van der Waals surface area contributed by atoms with Crippen molar-refractivity contribution in [2.45, 2.75) is 90.4 Å². The van der Waals surface area contributed by atoms with Crippen molar-refractivity contribution in [2.24, 2.45) is 5.92 Å². The number of hydrogen-bond donors (Lipinski definition) is 1. The van der Waals surface area contributed by atoms with Crippen LogP contribution in [0.2, 0.25) is 0 Å². The van der Waals surface area contributed by atoms with Gasteiger partial charge >= 0.3 is 5.97 Å². The molecule has 0 radical (unpaired) electrons. The number of esters is 1. The zero-order valence-corrected chi connectivity index (χ0v) is 24.3. The SMILES string of the molecule is CCn1c(SCC(=O)Nc2sc3c(c2C(=O)OC(C)C)CCCC3)nnc1-c1csc2c1CCC(C)C2. The molecule has 3 aromatic rings. The molecule has 1 atom stereocenters. The fourth-order valence-corrected chi connectivity index (χ4v) is 8.52. The van der Waals surface area contributed by atoms with Gasteiger partial charge in [-0.2, -0.15) is 0 Å². The summed E-state index contributed by atoms with van der Waals surface area (Å²) in [6, 6.07) is 0. The van der Waals surface area contributed by atoms with E-state index in [2.05, 4.69) is 39.3 Å². The number of carbonyl (C=O) groups excluding carboxylic acids is 2. The summed E-state index contributed by atoms with van der Waals surface area (Å²) in [5.74, 6) is 1.31. The second-order valence-electron chi connectivity index (χ2n) is 10.2. The zero-order chi connectivity index (χ0) is 26.1. The van der Waals surface area contributed by atoms with Gasteiger partial charge in [0.05, 0.1) is 17.4 Å². The predicted molar refractivity (Wildman–Crippen MR) is 151 cm³/mol. The summed E-state index contributed by atoms with van der Waals surface area (Å²) in [5, 5.41) is 15.6. The third kappa shape index (κ3) is 5.52. The van der Waals surface area contributed by atoms with Gasteiger partial charge in [-0.25, -0.2) is 4.79 Å². The third-order valence-corrected chi connectivity index (χ3v) is 10.2. The summed E-state index contributed by atoms with van der Waals surface area (Å²) >= 11 is 4.73.